The Morgan fingerprint density at radius 1 is 1.10 bits per heavy atom. The van der Waals surface area contributed by atoms with Gasteiger partial charge in [0.25, 0.3) is 5.91 Å². The van der Waals surface area contributed by atoms with Crippen molar-refractivity contribution in [1.82, 2.24) is 20.4 Å². The fraction of sp³-hybridized carbons (Fsp3) is 0.0526. The number of anilines is 4. The summed E-state index contributed by atoms with van der Waals surface area (Å²) in [7, 11) is 0. The van der Waals surface area contributed by atoms with Crippen molar-refractivity contribution in [3.05, 3.63) is 64.9 Å². The van der Waals surface area contributed by atoms with Gasteiger partial charge in [-0.2, -0.15) is 0 Å². The van der Waals surface area contributed by atoms with Gasteiger partial charge in [-0.3, -0.25) is 15.6 Å². The van der Waals surface area contributed by atoms with Crippen molar-refractivity contribution in [2.24, 2.45) is 0 Å². The number of nitrogens with two attached hydrogens (primary N) is 1. The molecular formula is C19H16ClN7OS. The molecule has 0 aliphatic carbocycles. The monoisotopic (exact) mass is 425 g/mol. The molecule has 0 aliphatic rings. The van der Waals surface area contributed by atoms with Crippen LogP contribution in [0.4, 0.5) is 22.5 Å². The number of aryl methyl sites for hydroxylation is 1. The zero-order valence-corrected chi connectivity index (χ0v) is 16.8. The van der Waals surface area contributed by atoms with Gasteiger partial charge in [-0.1, -0.05) is 29.0 Å². The van der Waals surface area contributed by atoms with Gasteiger partial charge < -0.3 is 11.1 Å². The summed E-state index contributed by atoms with van der Waals surface area (Å²) in [5.74, 6) is 0.302. The Bertz CT molecular complexity index is 1190. The molecular weight excluding hydrogens is 410 g/mol. The van der Waals surface area contributed by atoms with Gasteiger partial charge in [0.15, 0.2) is 16.8 Å². The Balaban J connectivity index is 1.49. The summed E-state index contributed by atoms with van der Waals surface area (Å²) in [5.41, 5.74) is 14.2. The average molecular weight is 426 g/mol. The molecule has 0 saturated carbocycles. The van der Waals surface area contributed by atoms with E-state index in [1.165, 1.54) is 17.7 Å². The molecule has 0 spiro atoms. The largest absolute Gasteiger partial charge is 0.393 e. The number of nitrogens with one attached hydrogen (secondary N) is 3. The Kier molecular flexibility index (Phi) is 5.15. The van der Waals surface area contributed by atoms with E-state index in [-0.39, 0.29) is 17.4 Å². The molecule has 2 heterocycles. The Hall–Kier alpha value is -3.43. The molecule has 4 rings (SSSR count). The number of nitrogens with zero attached hydrogens (tertiary/aromatic N) is 3. The second-order valence-electron chi connectivity index (χ2n) is 6.19. The third-order valence-electron chi connectivity index (χ3n) is 4.05. The second-order valence-corrected chi connectivity index (χ2v) is 7.65. The zero-order chi connectivity index (χ0) is 20.4. The highest BCUT2D eigenvalue weighted by Gasteiger charge is 2.12. The minimum Gasteiger partial charge on any atom is -0.393 e. The minimum absolute atomic E-state index is 0.249. The summed E-state index contributed by atoms with van der Waals surface area (Å²) >= 11 is 7.33. The van der Waals surface area contributed by atoms with Crippen molar-refractivity contribution in [3.63, 3.8) is 0 Å². The maximum Gasteiger partial charge on any atom is 0.269 e. The first-order chi connectivity index (χ1) is 14.0. The van der Waals surface area contributed by atoms with Crippen molar-refractivity contribution in [3.8, 4) is 0 Å². The number of benzene rings is 2. The van der Waals surface area contributed by atoms with E-state index in [1.54, 1.807) is 24.3 Å². The number of hydrogen-bond acceptors (Lipinski definition) is 8. The van der Waals surface area contributed by atoms with Crippen molar-refractivity contribution >= 4 is 61.5 Å². The number of carbonyl (C=O) groups excluding carboxylic acids is 1. The summed E-state index contributed by atoms with van der Waals surface area (Å²) in [5, 5.41) is 4.32. The van der Waals surface area contributed by atoms with E-state index < -0.39 is 0 Å². The molecule has 0 radical (unpaired) electrons. The van der Waals surface area contributed by atoms with E-state index >= 15 is 0 Å². The van der Waals surface area contributed by atoms with Gasteiger partial charge >= 0.3 is 0 Å². The van der Waals surface area contributed by atoms with Crippen LogP contribution in [0.25, 0.3) is 10.2 Å². The van der Waals surface area contributed by atoms with Crippen molar-refractivity contribution in [2.75, 3.05) is 16.5 Å². The molecule has 0 atom stereocenters. The average Bonchev–Trinajstić information content (AvgIpc) is 3.10. The number of hydrazine groups is 1. The summed E-state index contributed by atoms with van der Waals surface area (Å²) < 4.78 is 1.06. The fourth-order valence-corrected chi connectivity index (χ4v) is 3.66. The molecule has 5 N–H and O–H groups in total. The highest BCUT2D eigenvalue weighted by Crippen LogP contribution is 2.31. The van der Waals surface area contributed by atoms with E-state index in [0.29, 0.717) is 21.5 Å². The Labute approximate surface area is 175 Å². The molecule has 2 aromatic heterocycles. The fourth-order valence-electron chi connectivity index (χ4n) is 2.57. The molecule has 0 unspecified atom stereocenters. The summed E-state index contributed by atoms with van der Waals surface area (Å²) in [4.78, 5) is 25.0. The van der Waals surface area contributed by atoms with Gasteiger partial charge in [0, 0.05) is 10.6 Å². The van der Waals surface area contributed by atoms with Crippen molar-refractivity contribution in [2.45, 2.75) is 6.92 Å². The minimum atomic E-state index is -0.351. The van der Waals surface area contributed by atoms with Crippen LogP contribution in [-0.4, -0.2) is 20.9 Å². The topological polar surface area (TPSA) is 118 Å². The van der Waals surface area contributed by atoms with Crippen LogP contribution >= 0.6 is 22.9 Å². The van der Waals surface area contributed by atoms with Crippen molar-refractivity contribution in [1.29, 1.82) is 0 Å². The normalized spacial score (nSPS) is 10.7. The maximum absolute atomic E-state index is 12.2. The molecule has 146 valence electrons. The first-order valence-electron chi connectivity index (χ1n) is 8.56. The lowest BCUT2D eigenvalue weighted by Gasteiger charge is -2.12. The molecule has 0 aliphatic heterocycles. The van der Waals surface area contributed by atoms with Crippen LogP contribution in [-0.2, 0) is 0 Å². The predicted octanol–water partition coefficient (Wildman–Crippen LogP) is 4.13. The number of fused-ring (bicyclic) bond motifs is 1. The number of amides is 1. The summed E-state index contributed by atoms with van der Waals surface area (Å²) in [6.07, 6.45) is 1.34. The van der Waals surface area contributed by atoms with E-state index in [4.69, 9.17) is 17.3 Å². The van der Waals surface area contributed by atoms with Gasteiger partial charge in [0.05, 0.1) is 10.2 Å². The number of hydrogen-bond donors (Lipinski definition) is 4. The molecule has 4 aromatic rings. The quantitative estimate of drug-likeness (QED) is 0.355. The van der Waals surface area contributed by atoms with Gasteiger partial charge in [-0.15, -0.1) is 0 Å². The van der Waals surface area contributed by atoms with E-state index in [0.717, 1.165) is 15.8 Å². The van der Waals surface area contributed by atoms with E-state index in [2.05, 4.69) is 37.2 Å². The number of rotatable bonds is 5. The Morgan fingerprint density at radius 2 is 1.86 bits per heavy atom. The first-order valence-corrected chi connectivity index (χ1v) is 9.75. The number of carbonyl (C=O) groups is 1. The van der Waals surface area contributed by atoms with Gasteiger partial charge in [-0.25, -0.2) is 15.0 Å². The molecule has 29 heavy (non-hydrogen) atoms. The van der Waals surface area contributed by atoms with Crippen LogP contribution in [0.3, 0.4) is 0 Å². The van der Waals surface area contributed by atoms with Crippen LogP contribution in [0.1, 0.15) is 15.9 Å². The third kappa shape index (κ3) is 4.20. The van der Waals surface area contributed by atoms with Crippen LogP contribution in [0, 0.1) is 6.92 Å². The number of aromatic nitrogens is 3. The van der Waals surface area contributed by atoms with Crippen LogP contribution < -0.4 is 21.9 Å². The predicted molar refractivity (Wildman–Crippen MR) is 117 cm³/mol. The highest BCUT2D eigenvalue weighted by molar-refractivity contribution is 7.22. The highest BCUT2D eigenvalue weighted by atomic mass is 35.5. The van der Waals surface area contributed by atoms with Crippen LogP contribution in [0.15, 0.2) is 48.8 Å². The molecule has 0 bridgehead atoms. The van der Waals surface area contributed by atoms with Gasteiger partial charge in [0.1, 0.15) is 12.0 Å². The van der Waals surface area contributed by atoms with Crippen LogP contribution in [0.5, 0.6) is 0 Å². The lowest BCUT2D eigenvalue weighted by Crippen LogP contribution is -2.30. The molecule has 8 nitrogen and oxygen atoms in total. The number of nitrogen functional groups attached to an aromatic ring is 1. The summed E-state index contributed by atoms with van der Waals surface area (Å²) in [6, 6.07) is 12.6. The second kappa shape index (κ2) is 7.90. The number of halogens is 1. The molecule has 0 fully saturated rings. The van der Waals surface area contributed by atoms with Crippen LogP contribution in [0.2, 0.25) is 5.02 Å². The molecule has 10 heteroatoms. The maximum atomic E-state index is 12.2. The SMILES string of the molecule is Cc1ccc2nc(Nc3ncnc(NNC(=O)c4ccc(Cl)cc4)c3N)sc2c1. The molecule has 1 amide bonds. The molecule has 0 saturated heterocycles. The smallest absolute Gasteiger partial charge is 0.269 e. The van der Waals surface area contributed by atoms with Crippen molar-refractivity contribution < 1.29 is 4.79 Å². The lowest BCUT2D eigenvalue weighted by atomic mass is 10.2. The Morgan fingerprint density at radius 3 is 2.66 bits per heavy atom. The zero-order valence-electron chi connectivity index (χ0n) is 15.2. The first kappa shape index (κ1) is 18.9. The lowest BCUT2D eigenvalue weighted by molar-refractivity contribution is 0.0962. The van der Waals surface area contributed by atoms with Gasteiger partial charge in [0.2, 0.25) is 0 Å². The number of thiazole rings is 1. The van der Waals surface area contributed by atoms with Gasteiger partial charge in [-0.05, 0) is 48.9 Å². The summed E-state index contributed by atoms with van der Waals surface area (Å²) in [6.45, 7) is 2.03. The molecule has 2 aromatic carbocycles. The standard InChI is InChI=1S/C19H16ClN7OS/c1-10-2-7-13-14(8-10)29-19(24-13)25-16-15(21)17(23-9-22-16)26-27-18(28)11-3-5-12(20)6-4-11/h2-9H,21H2,1H3,(H,27,28)(H2,22,23,24,25,26). The van der Waals surface area contributed by atoms with E-state index in [1.807, 2.05) is 19.1 Å². The third-order valence-corrected chi connectivity index (χ3v) is 5.24. The van der Waals surface area contributed by atoms with E-state index in [9.17, 15) is 4.79 Å².